The van der Waals surface area contributed by atoms with Crippen LogP contribution in [0.15, 0.2) is 69.2 Å². The van der Waals surface area contributed by atoms with Crippen LogP contribution in [-0.4, -0.2) is 42.0 Å². The van der Waals surface area contributed by atoms with Gasteiger partial charge in [-0.15, -0.1) is 0 Å². The average Bonchev–Trinajstić information content (AvgIpc) is 3.42. The van der Waals surface area contributed by atoms with Crippen LogP contribution in [0.25, 0.3) is 10.9 Å². The van der Waals surface area contributed by atoms with E-state index in [4.69, 9.17) is 23.6 Å². The first-order chi connectivity index (χ1) is 17.5. The van der Waals surface area contributed by atoms with E-state index < -0.39 is 5.25 Å². The molecule has 188 valence electrons. The second-order valence-corrected chi connectivity index (χ2v) is 8.96. The minimum Gasteiger partial charge on any atom is -0.495 e. The fourth-order valence-electron chi connectivity index (χ4n) is 3.73. The van der Waals surface area contributed by atoms with E-state index in [1.165, 1.54) is 30.5 Å². The standard InChI is InChI=1S/C26H27N3O6S/c1-5-23(24(30)27-18-10-6-7-11-20(18)32-2)36-26-28-19-14-22(34-4)21(33-3)13-17(19)25(31)29(26)15-16-9-8-12-35-16/h6-14,23H,5,15H2,1-4H3,(H,27,30)/t23-/m0/s1. The van der Waals surface area contributed by atoms with Crippen molar-refractivity contribution < 1.29 is 23.4 Å². The molecule has 2 aromatic carbocycles. The molecule has 36 heavy (non-hydrogen) atoms. The summed E-state index contributed by atoms with van der Waals surface area (Å²) in [4.78, 5) is 31.6. The Morgan fingerprint density at radius 2 is 1.78 bits per heavy atom. The lowest BCUT2D eigenvalue weighted by Gasteiger charge is -2.19. The van der Waals surface area contributed by atoms with Gasteiger partial charge in [-0.25, -0.2) is 4.98 Å². The van der Waals surface area contributed by atoms with Crippen LogP contribution in [0.4, 0.5) is 5.69 Å². The molecule has 2 aromatic heterocycles. The molecular weight excluding hydrogens is 482 g/mol. The van der Waals surface area contributed by atoms with Crippen LogP contribution in [0.1, 0.15) is 19.1 Å². The summed E-state index contributed by atoms with van der Waals surface area (Å²) in [6, 6.07) is 14.0. The molecule has 0 spiro atoms. The van der Waals surface area contributed by atoms with Gasteiger partial charge in [-0.05, 0) is 36.8 Å². The number of nitrogens with zero attached hydrogens (tertiary/aromatic N) is 2. The second kappa shape index (κ2) is 11.2. The van der Waals surface area contributed by atoms with Gasteiger partial charge >= 0.3 is 0 Å². The van der Waals surface area contributed by atoms with Crippen LogP contribution in [0.3, 0.4) is 0 Å². The third-order valence-electron chi connectivity index (χ3n) is 5.59. The molecule has 9 nitrogen and oxygen atoms in total. The molecule has 0 bridgehead atoms. The van der Waals surface area contributed by atoms with Crippen molar-refractivity contribution in [2.75, 3.05) is 26.6 Å². The molecule has 0 saturated carbocycles. The van der Waals surface area contributed by atoms with Gasteiger partial charge in [0, 0.05) is 6.07 Å². The summed E-state index contributed by atoms with van der Waals surface area (Å²) >= 11 is 1.22. The SMILES string of the molecule is CC[C@H](Sc1nc2cc(OC)c(OC)cc2c(=O)n1Cc1ccco1)C(=O)Nc1ccccc1OC. The molecule has 4 rings (SSSR count). The highest BCUT2D eigenvalue weighted by molar-refractivity contribution is 8.00. The van der Waals surface area contributed by atoms with E-state index in [-0.39, 0.29) is 18.0 Å². The number of thioether (sulfide) groups is 1. The molecule has 0 radical (unpaired) electrons. The number of methoxy groups -OCH3 is 3. The Labute approximate surface area is 212 Å². The largest absolute Gasteiger partial charge is 0.495 e. The van der Waals surface area contributed by atoms with E-state index >= 15 is 0 Å². The highest BCUT2D eigenvalue weighted by Gasteiger charge is 2.24. The number of hydrogen-bond acceptors (Lipinski definition) is 8. The predicted molar refractivity (Wildman–Crippen MR) is 138 cm³/mol. The summed E-state index contributed by atoms with van der Waals surface area (Å²) in [5, 5.41) is 3.16. The molecule has 0 aliphatic heterocycles. The van der Waals surface area contributed by atoms with Crippen molar-refractivity contribution in [2.24, 2.45) is 0 Å². The zero-order chi connectivity index (χ0) is 25.7. The monoisotopic (exact) mass is 509 g/mol. The minimum atomic E-state index is -0.526. The van der Waals surface area contributed by atoms with E-state index in [0.717, 1.165) is 0 Å². The Morgan fingerprint density at radius 3 is 2.44 bits per heavy atom. The van der Waals surface area contributed by atoms with Gasteiger partial charge < -0.3 is 23.9 Å². The maximum absolute atomic E-state index is 13.6. The Morgan fingerprint density at radius 1 is 1.06 bits per heavy atom. The Bertz CT molecular complexity index is 1420. The van der Waals surface area contributed by atoms with Gasteiger partial charge in [0.05, 0.1) is 56.0 Å². The summed E-state index contributed by atoms with van der Waals surface area (Å²) in [5.74, 6) is 1.81. The number of aromatic nitrogens is 2. The zero-order valence-corrected chi connectivity index (χ0v) is 21.3. The van der Waals surface area contributed by atoms with Gasteiger partial charge in [-0.1, -0.05) is 30.8 Å². The van der Waals surface area contributed by atoms with Crippen LogP contribution in [-0.2, 0) is 11.3 Å². The van der Waals surface area contributed by atoms with Crippen LogP contribution in [0, 0.1) is 0 Å². The fourth-order valence-corrected chi connectivity index (χ4v) is 4.74. The number of rotatable bonds is 10. The van der Waals surface area contributed by atoms with Gasteiger partial charge in [0.15, 0.2) is 16.7 Å². The number of ether oxygens (including phenoxy) is 3. The normalized spacial score (nSPS) is 11.8. The topological polar surface area (TPSA) is 105 Å². The molecule has 0 saturated heterocycles. The number of fused-ring (bicyclic) bond motifs is 1. The van der Waals surface area contributed by atoms with E-state index in [1.54, 1.807) is 49.8 Å². The average molecular weight is 510 g/mol. The van der Waals surface area contributed by atoms with Crippen molar-refractivity contribution in [3.05, 3.63) is 70.9 Å². The van der Waals surface area contributed by atoms with Crippen LogP contribution in [0.2, 0.25) is 0 Å². The predicted octanol–water partition coefficient (Wildman–Crippen LogP) is 4.57. The molecule has 0 unspecified atom stereocenters. The van der Waals surface area contributed by atoms with Crippen molar-refractivity contribution in [2.45, 2.75) is 30.3 Å². The van der Waals surface area contributed by atoms with Crippen LogP contribution in [0.5, 0.6) is 17.2 Å². The highest BCUT2D eigenvalue weighted by Crippen LogP contribution is 2.33. The lowest BCUT2D eigenvalue weighted by atomic mass is 10.2. The molecule has 1 N–H and O–H groups in total. The summed E-state index contributed by atoms with van der Waals surface area (Å²) in [6.45, 7) is 2.07. The van der Waals surface area contributed by atoms with Gasteiger partial charge in [-0.2, -0.15) is 0 Å². The van der Waals surface area contributed by atoms with E-state index in [2.05, 4.69) is 5.32 Å². The first-order valence-electron chi connectivity index (χ1n) is 11.3. The first-order valence-corrected chi connectivity index (χ1v) is 12.2. The van der Waals surface area contributed by atoms with Crippen LogP contribution >= 0.6 is 11.8 Å². The number of amides is 1. The molecule has 10 heteroatoms. The summed E-state index contributed by atoms with van der Waals surface area (Å²) in [5.41, 5.74) is 0.732. The molecule has 1 atom stereocenters. The summed E-state index contributed by atoms with van der Waals surface area (Å²) < 4.78 is 23.1. The van der Waals surface area contributed by atoms with Crippen molar-refractivity contribution in [3.63, 3.8) is 0 Å². The number of nitrogens with one attached hydrogen (secondary N) is 1. The molecule has 2 heterocycles. The van der Waals surface area contributed by atoms with Crippen molar-refractivity contribution in [1.82, 2.24) is 9.55 Å². The van der Waals surface area contributed by atoms with Gasteiger partial charge in [0.25, 0.3) is 5.56 Å². The number of anilines is 1. The Kier molecular flexibility index (Phi) is 7.84. The first kappa shape index (κ1) is 25.2. The Balaban J connectivity index is 1.75. The minimum absolute atomic E-state index is 0.163. The maximum Gasteiger partial charge on any atom is 0.262 e. The van der Waals surface area contributed by atoms with Crippen molar-refractivity contribution >= 4 is 34.3 Å². The number of hydrogen-bond donors (Lipinski definition) is 1. The fraction of sp³-hybridized carbons (Fsp3) is 0.269. The third-order valence-corrected chi connectivity index (χ3v) is 6.95. The smallest absolute Gasteiger partial charge is 0.262 e. The van der Waals surface area contributed by atoms with Crippen molar-refractivity contribution in [1.29, 1.82) is 0 Å². The number of benzene rings is 2. The number of carbonyl (C=O) groups excluding carboxylic acids is 1. The Hall–Kier alpha value is -3.92. The molecule has 0 fully saturated rings. The summed E-state index contributed by atoms with van der Waals surface area (Å²) in [7, 11) is 4.58. The van der Waals surface area contributed by atoms with E-state index in [9.17, 15) is 9.59 Å². The number of carbonyl (C=O) groups is 1. The molecule has 0 aliphatic rings. The van der Waals surface area contributed by atoms with E-state index in [1.807, 2.05) is 19.1 Å². The van der Waals surface area contributed by atoms with Gasteiger partial charge in [0.2, 0.25) is 5.91 Å². The number of furan rings is 1. The lowest BCUT2D eigenvalue weighted by Crippen LogP contribution is -2.28. The molecule has 1 amide bonds. The van der Waals surface area contributed by atoms with Crippen LogP contribution < -0.4 is 25.1 Å². The molecular formula is C26H27N3O6S. The second-order valence-electron chi connectivity index (χ2n) is 7.79. The van der Waals surface area contributed by atoms with E-state index in [0.29, 0.717) is 51.2 Å². The lowest BCUT2D eigenvalue weighted by molar-refractivity contribution is -0.115. The zero-order valence-electron chi connectivity index (χ0n) is 20.4. The quantitative estimate of drug-likeness (QED) is 0.245. The van der Waals surface area contributed by atoms with Crippen molar-refractivity contribution in [3.8, 4) is 17.2 Å². The molecule has 4 aromatic rings. The maximum atomic E-state index is 13.6. The third kappa shape index (κ3) is 5.18. The van der Waals surface area contributed by atoms with Gasteiger partial charge in [0.1, 0.15) is 11.5 Å². The van der Waals surface area contributed by atoms with Gasteiger partial charge in [-0.3, -0.25) is 14.2 Å². The number of para-hydroxylation sites is 2. The summed E-state index contributed by atoms with van der Waals surface area (Å²) in [6.07, 6.45) is 2.05. The highest BCUT2D eigenvalue weighted by atomic mass is 32.2. The molecule has 0 aliphatic carbocycles.